The van der Waals surface area contributed by atoms with Crippen LogP contribution in [0.15, 0.2) is 58.4 Å². The number of aromatic amines is 1. The van der Waals surface area contributed by atoms with Crippen molar-refractivity contribution in [1.82, 2.24) is 19.9 Å². The summed E-state index contributed by atoms with van der Waals surface area (Å²) < 4.78 is 16.6. The molecule has 0 amide bonds. The third-order valence-electron chi connectivity index (χ3n) is 7.60. The summed E-state index contributed by atoms with van der Waals surface area (Å²) in [6.45, 7) is 2.57. The van der Waals surface area contributed by atoms with E-state index in [1.54, 1.807) is 24.4 Å². The maximum atomic E-state index is 15.1. The van der Waals surface area contributed by atoms with Crippen LogP contribution in [-0.2, 0) is 6.42 Å². The molecule has 1 saturated heterocycles. The molecule has 3 atom stereocenters. The highest BCUT2D eigenvalue weighted by Gasteiger charge is 2.24. The van der Waals surface area contributed by atoms with Gasteiger partial charge in [0.15, 0.2) is 11.8 Å². The van der Waals surface area contributed by atoms with Gasteiger partial charge in [0.1, 0.15) is 5.65 Å². The van der Waals surface area contributed by atoms with Gasteiger partial charge in [0.05, 0.1) is 16.4 Å². The predicted octanol–water partition coefficient (Wildman–Crippen LogP) is 4.30. The van der Waals surface area contributed by atoms with Crippen LogP contribution in [0, 0.1) is 5.82 Å². The molecule has 0 radical (unpaired) electrons. The van der Waals surface area contributed by atoms with Gasteiger partial charge in [-0.15, -0.1) is 0 Å². The molecule has 1 aliphatic rings. The SMILES string of the molecule is C[C@H](N)CCCc1cc(Cl)c(F)c(-c2cc3cn(-c4ccc([C@H]5CC[C@H](CCN=C(N)N)N5)cc4)c(=O)nc3[nH]2)c1. The summed E-state index contributed by atoms with van der Waals surface area (Å²) in [5.74, 6) is -0.401. The average Bonchev–Trinajstić information content (AvgIpc) is 3.57. The molecule has 0 bridgehead atoms. The van der Waals surface area contributed by atoms with Crippen molar-refractivity contribution in [2.75, 3.05) is 6.54 Å². The number of hydrogen-bond donors (Lipinski definition) is 5. The Kier molecular flexibility index (Phi) is 8.72. The van der Waals surface area contributed by atoms with Gasteiger partial charge in [-0.05, 0) is 86.9 Å². The summed E-state index contributed by atoms with van der Waals surface area (Å²) in [6.07, 6.45) is 7.14. The second kappa shape index (κ2) is 12.4. The van der Waals surface area contributed by atoms with Crippen LogP contribution >= 0.6 is 11.6 Å². The quantitative estimate of drug-likeness (QED) is 0.140. The number of fused-ring (bicyclic) bond motifs is 1. The van der Waals surface area contributed by atoms with E-state index in [0.717, 1.165) is 49.7 Å². The van der Waals surface area contributed by atoms with Crippen LogP contribution in [0.4, 0.5) is 4.39 Å². The zero-order valence-electron chi connectivity index (χ0n) is 23.0. The molecule has 0 spiro atoms. The van der Waals surface area contributed by atoms with Crippen LogP contribution < -0.4 is 28.2 Å². The molecule has 41 heavy (non-hydrogen) atoms. The number of aryl methyl sites for hydroxylation is 1. The second-order valence-corrected chi connectivity index (χ2v) is 11.3. The van der Waals surface area contributed by atoms with E-state index < -0.39 is 11.5 Å². The van der Waals surface area contributed by atoms with E-state index in [2.05, 4.69) is 20.3 Å². The third-order valence-corrected chi connectivity index (χ3v) is 7.87. The Morgan fingerprint density at radius 3 is 2.73 bits per heavy atom. The summed E-state index contributed by atoms with van der Waals surface area (Å²) >= 11 is 6.24. The normalized spacial score (nSPS) is 17.7. The molecule has 2 aromatic heterocycles. The maximum Gasteiger partial charge on any atom is 0.354 e. The number of benzene rings is 2. The maximum absolute atomic E-state index is 15.1. The Morgan fingerprint density at radius 2 is 2.00 bits per heavy atom. The topological polar surface area (TPSA) is 153 Å². The Hall–Kier alpha value is -3.73. The molecule has 1 aliphatic heterocycles. The first-order valence-electron chi connectivity index (χ1n) is 14.0. The van der Waals surface area contributed by atoms with Crippen molar-refractivity contribution < 1.29 is 4.39 Å². The van der Waals surface area contributed by atoms with Gasteiger partial charge in [-0.3, -0.25) is 9.56 Å². The molecule has 5 rings (SSSR count). The molecule has 11 heteroatoms. The van der Waals surface area contributed by atoms with E-state index in [1.807, 2.05) is 31.2 Å². The van der Waals surface area contributed by atoms with Crippen LogP contribution in [0.2, 0.25) is 5.02 Å². The molecule has 2 aromatic carbocycles. The Morgan fingerprint density at radius 1 is 1.22 bits per heavy atom. The number of nitrogens with zero attached hydrogens (tertiary/aromatic N) is 3. The summed E-state index contributed by atoms with van der Waals surface area (Å²) in [7, 11) is 0. The monoisotopic (exact) mass is 578 g/mol. The van der Waals surface area contributed by atoms with Gasteiger partial charge >= 0.3 is 5.69 Å². The minimum absolute atomic E-state index is 0.0569. The lowest BCUT2D eigenvalue weighted by molar-refractivity contribution is 0.527. The van der Waals surface area contributed by atoms with Crippen LogP contribution in [0.1, 0.15) is 56.2 Å². The summed E-state index contributed by atoms with van der Waals surface area (Å²) in [5, 5.41) is 4.38. The number of H-pyrrole nitrogens is 1. The molecule has 216 valence electrons. The summed E-state index contributed by atoms with van der Waals surface area (Å²) in [6, 6.07) is 13.8. The van der Waals surface area contributed by atoms with Crippen molar-refractivity contribution in [3.63, 3.8) is 0 Å². The molecular weight excluding hydrogens is 543 g/mol. The molecule has 9 nitrogen and oxygen atoms in total. The minimum atomic E-state index is -0.515. The lowest BCUT2D eigenvalue weighted by Crippen LogP contribution is -2.27. The smallest absolute Gasteiger partial charge is 0.354 e. The Labute approximate surface area is 243 Å². The zero-order valence-corrected chi connectivity index (χ0v) is 23.8. The largest absolute Gasteiger partial charge is 0.370 e. The van der Waals surface area contributed by atoms with Crippen molar-refractivity contribution >= 4 is 28.6 Å². The van der Waals surface area contributed by atoms with Crippen molar-refractivity contribution in [3.05, 3.63) is 81.1 Å². The van der Waals surface area contributed by atoms with Gasteiger partial charge in [-0.2, -0.15) is 4.98 Å². The number of hydrogen-bond acceptors (Lipinski definition) is 5. The number of aliphatic imine (C=N–C) groups is 1. The van der Waals surface area contributed by atoms with E-state index in [1.165, 1.54) is 4.57 Å². The van der Waals surface area contributed by atoms with E-state index in [9.17, 15) is 4.79 Å². The molecule has 0 aliphatic carbocycles. The van der Waals surface area contributed by atoms with Gasteiger partial charge in [-0.25, -0.2) is 9.18 Å². The van der Waals surface area contributed by atoms with Crippen molar-refractivity contribution in [3.8, 4) is 16.9 Å². The first-order valence-corrected chi connectivity index (χ1v) is 14.3. The molecule has 3 heterocycles. The lowest BCUT2D eigenvalue weighted by Gasteiger charge is -2.15. The molecule has 0 saturated carbocycles. The fourth-order valence-corrected chi connectivity index (χ4v) is 5.71. The van der Waals surface area contributed by atoms with Gasteiger partial charge in [-0.1, -0.05) is 23.7 Å². The zero-order chi connectivity index (χ0) is 29.1. The molecule has 8 N–H and O–H groups in total. The van der Waals surface area contributed by atoms with Crippen LogP contribution in [0.25, 0.3) is 28.0 Å². The number of nitrogens with one attached hydrogen (secondary N) is 2. The summed E-state index contributed by atoms with van der Waals surface area (Å²) in [4.78, 5) is 24.3. The molecular formula is C30H36ClFN8O. The fourth-order valence-electron chi connectivity index (χ4n) is 5.46. The Bertz CT molecular complexity index is 1610. The number of aromatic nitrogens is 3. The number of halogens is 2. The third kappa shape index (κ3) is 6.78. The Balaban J connectivity index is 1.35. The summed E-state index contributed by atoms with van der Waals surface area (Å²) in [5.41, 5.74) is 20.3. The van der Waals surface area contributed by atoms with Gasteiger partial charge in [0.25, 0.3) is 0 Å². The lowest BCUT2D eigenvalue weighted by atomic mass is 10.0. The standard InChI is InChI=1S/C30H36ClFN8O/c1-17(33)3-2-4-18-13-23(27(32)24(31)14-18)26-15-20-16-40(30(41)39-28(20)38-26)22-8-5-19(6-9-22)25-10-7-21(37-25)11-12-36-29(34)35/h5-6,8-9,13-17,21,25,37H,2-4,7,10-12,33H2,1H3,(H4,34,35,36)(H,38,39,41)/t17-,21+,25+/m0/s1. The van der Waals surface area contributed by atoms with Gasteiger partial charge < -0.3 is 27.5 Å². The number of nitrogens with two attached hydrogens (primary N) is 3. The van der Waals surface area contributed by atoms with Crippen molar-refractivity contribution in [2.24, 2.45) is 22.2 Å². The average molecular weight is 579 g/mol. The second-order valence-electron chi connectivity index (χ2n) is 10.9. The van der Waals surface area contributed by atoms with E-state index >= 15 is 4.39 Å². The highest BCUT2D eigenvalue weighted by atomic mass is 35.5. The first-order chi connectivity index (χ1) is 19.7. The van der Waals surface area contributed by atoms with Crippen molar-refractivity contribution in [1.29, 1.82) is 0 Å². The molecule has 4 aromatic rings. The highest BCUT2D eigenvalue weighted by molar-refractivity contribution is 6.31. The van der Waals surface area contributed by atoms with E-state index in [4.69, 9.17) is 28.8 Å². The van der Waals surface area contributed by atoms with E-state index in [-0.39, 0.29) is 23.1 Å². The number of rotatable bonds is 10. The number of guanidine groups is 1. The highest BCUT2D eigenvalue weighted by Crippen LogP contribution is 2.32. The van der Waals surface area contributed by atoms with Crippen molar-refractivity contribution in [2.45, 2.75) is 63.6 Å². The van der Waals surface area contributed by atoms with Gasteiger partial charge in [0, 0.05) is 41.8 Å². The predicted molar refractivity (Wildman–Crippen MR) is 163 cm³/mol. The van der Waals surface area contributed by atoms with E-state index in [0.29, 0.717) is 40.6 Å². The first kappa shape index (κ1) is 28.8. The van der Waals surface area contributed by atoms with Crippen LogP contribution in [-0.4, -0.2) is 39.1 Å². The van der Waals surface area contributed by atoms with Crippen LogP contribution in [0.5, 0.6) is 0 Å². The molecule has 1 fully saturated rings. The molecule has 0 unspecified atom stereocenters. The fraction of sp³-hybridized carbons (Fsp3) is 0.367. The minimum Gasteiger partial charge on any atom is -0.370 e. The van der Waals surface area contributed by atoms with Crippen LogP contribution in [0.3, 0.4) is 0 Å². The van der Waals surface area contributed by atoms with Gasteiger partial charge in [0.2, 0.25) is 0 Å².